The molecule has 6 nitrogen and oxygen atoms in total. The van der Waals surface area contributed by atoms with E-state index >= 15 is 0 Å². The van der Waals surface area contributed by atoms with E-state index in [2.05, 4.69) is 0 Å². The van der Waals surface area contributed by atoms with E-state index in [1.54, 1.807) is 16.9 Å². The van der Waals surface area contributed by atoms with E-state index in [1.807, 2.05) is 56.3 Å². The van der Waals surface area contributed by atoms with E-state index in [-0.39, 0.29) is 18.4 Å². The fraction of sp³-hybridized carbons (Fsp3) is 0.455. The average molecular weight is 386 g/mol. The number of nitrogens with zero attached hydrogens (tertiary/aromatic N) is 2. The van der Waals surface area contributed by atoms with Crippen molar-refractivity contribution in [2.24, 2.45) is 0 Å². The van der Waals surface area contributed by atoms with Crippen LogP contribution in [0.4, 0.5) is 0 Å². The molecule has 0 saturated carbocycles. The summed E-state index contributed by atoms with van der Waals surface area (Å²) in [6, 6.07) is 13.6. The van der Waals surface area contributed by atoms with Crippen LogP contribution in [0.2, 0.25) is 0 Å². The van der Waals surface area contributed by atoms with Crippen LogP contribution in [0, 0.1) is 6.92 Å². The van der Waals surface area contributed by atoms with Crippen LogP contribution < -0.4 is 0 Å². The summed E-state index contributed by atoms with van der Waals surface area (Å²) in [5.74, 6) is 1.40. The summed E-state index contributed by atoms with van der Waals surface area (Å²) < 4.78 is 10.8. The molecule has 0 bridgehead atoms. The van der Waals surface area contributed by atoms with Gasteiger partial charge in [-0.15, -0.1) is 0 Å². The number of benzene rings is 1. The number of amides is 2. The van der Waals surface area contributed by atoms with Crippen molar-refractivity contribution in [3.8, 4) is 0 Å². The Bertz CT molecular complexity index is 742. The topological polar surface area (TPSA) is 63.0 Å². The molecule has 0 radical (unpaired) electrons. The van der Waals surface area contributed by atoms with Gasteiger partial charge in [0, 0.05) is 26.6 Å². The van der Waals surface area contributed by atoms with Gasteiger partial charge in [-0.25, -0.2) is 0 Å². The average Bonchev–Trinajstić information content (AvgIpc) is 3.10. The minimum Gasteiger partial charge on any atom is -0.464 e. The first-order chi connectivity index (χ1) is 13.5. The third kappa shape index (κ3) is 6.85. The Kier molecular flexibility index (Phi) is 8.75. The zero-order valence-corrected chi connectivity index (χ0v) is 17.0. The SMILES string of the molecule is CCCC(=O)N(CCOC)CC(=O)N(Cc1ccccc1)Cc1ccc(C)o1. The Hall–Kier alpha value is -2.60. The van der Waals surface area contributed by atoms with Gasteiger partial charge in [0.15, 0.2) is 0 Å². The Morgan fingerprint density at radius 1 is 1.00 bits per heavy atom. The maximum absolute atomic E-state index is 13.1. The molecule has 0 unspecified atom stereocenters. The molecule has 152 valence electrons. The Morgan fingerprint density at radius 3 is 2.36 bits per heavy atom. The van der Waals surface area contributed by atoms with Crippen molar-refractivity contribution in [2.45, 2.75) is 39.8 Å². The van der Waals surface area contributed by atoms with Crippen molar-refractivity contribution in [3.05, 3.63) is 59.5 Å². The Balaban J connectivity index is 2.14. The molecule has 2 aromatic rings. The molecule has 2 amide bonds. The fourth-order valence-corrected chi connectivity index (χ4v) is 2.92. The first-order valence-electron chi connectivity index (χ1n) is 9.67. The van der Waals surface area contributed by atoms with Crippen molar-refractivity contribution in [3.63, 3.8) is 0 Å². The molecular weight excluding hydrogens is 356 g/mol. The molecule has 0 spiro atoms. The number of hydrogen-bond acceptors (Lipinski definition) is 4. The third-order valence-corrected chi connectivity index (χ3v) is 4.42. The number of carbonyl (C=O) groups excluding carboxylic acids is 2. The van der Waals surface area contributed by atoms with Gasteiger partial charge in [-0.2, -0.15) is 0 Å². The molecule has 1 aromatic heterocycles. The predicted molar refractivity (Wildman–Crippen MR) is 108 cm³/mol. The van der Waals surface area contributed by atoms with Gasteiger partial charge < -0.3 is 19.0 Å². The molecule has 2 rings (SSSR count). The highest BCUT2D eigenvalue weighted by Crippen LogP contribution is 2.14. The Morgan fingerprint density at radius 2 is 1.75 bits per heavy atom. The van der Waals surface area contributed by atoms with Crippen LogP contribution in [0.25, 0.3) is 0 Å². The first-order valence-corrected chi connectivity index (χ1v) is 9.67. The molecule has 0 aliphatic rings. The number of aryl methyl sites for hydroxylation is 1. The molecule has 0 N–H and O–H groups in total. The maximum Gasteiger partial charge on any atom is 0.242 e. The van der Waals surface area contributed by atoms with E-state index < -0.39 is 0 Å². The van der Waals surface area contributed by atoms with Crippen molar-refractivity contribution in [1.29, 1.82) is 0 Å². The van der Waals surface area contributed by atoms with Gasteiger partial charge in [-0.3, -0.25) is 9.59 Å². The van der Waals surface area contributed by atoms with E-state index in [1.165, 1.54) is 0 Å². The molecule has 6 heteroatoms. The third-order valence-electron chi connectivity index (χ3n) is 4.42. The molecule has 0 saturated heterocycles. The van der Waals surface area contributed by atoms with Gasteiger partial charge >= 0.3 is 0 Å². The van der Waals surface area contributed by atoms with Crippen molar-refractivity contribution >= 4 is 11.8 Å². The smallest absolute Gasteiger partial charge is 0.242 e. The Labute approximate surface area is 167 Å². The molecular formula is C22H30N2O4. The lowest BCUT2D eigenvalue weighted by molar-refractivity contribution is -0.142. The highest BCUT2D eigenvalue weighted by molar-refractivity contribution is 5.84. The summed E-state index contributed by atoms with van der Waals surface area (Å²) in [5.41, 5.74) is 1.03. The number of hydrogen-bond donors (Lipinski definition) is 0. The van der Waals surface area contributed by atoms with Gasteiger partial charge in [-0.05, 0) is 31.0 Å². The molecule has 1 heterocycles. The summed E-state index contributed by atoms with van der Waals surface area (Å²) >= 11 is 0. The van der Waals surface area contributed by atoms with Crippen LogP contribution >= 0.6 is 0 Å². The second-order valence-electron chi connectivity index (χ2n) is 6.81. The second-order valence-corrected chi connectivity index (χ2v) is 6.81. The lowest BCUT2D eigenvalue weighted by Crippen LogP contribution is -2.43. The highest BCUT2D eigenvalue weighted by Gasteiger charge is 2.22. The summed E-state index contributed by atoms with van der Waals surface area (Å²) in [5, 5.41) is 0. The van der Waals surface area contributed by atoms with Crippen LogP contribution in [0.15, 0.2) is 46.9 Å². The largest absolute Gasteiger partial charge is 0.464 e. The summed E-state index contributed by atoms with van der Waals surface area (Å²) in [6.07, 6.45) is 1.17. The normalized spacial score (nSPS) is 10.7. The maximum atomic E-state index is 13.1. The lowest BCUT2D eigenvalue weighted by atomic mass is 10.2. The molecule has 0 atom stereocenters. The zero-order chi connectivity index (χ0) is 20.4. The van der Waals surface area contributed by atoms with Gasteiger partial charge in [0.1, 0.15) is 11.5 Å². The molecule has 0 aliphatic heterocycles. The van der Waals surface area contributed by atoms with Crippen molar-refractivity contribution in [2.75, 3.05) is 26.8 Å². The fourth-order valence-electron chi connectivity index (χ4n) is 2.92. The number of furan rings is 1. The van der Waals surface area contributed by atoms with E-state index in [0.717, 1.165) is 23.5 Å². The van der Waals surface area contributed by atoms with Gasteiger partial charge in [0.25, 0.3) is 0 Å². The summed E-state index contributed by atoms with van der Waals surface area (Å²) in [4.78, 5) is 28.8. The monoisotopic (exact) mass is 386 g/mol. The standard InChI is InChI=1S/C22H30N2O4/c1-4-8-21(25)23(13-14-27-3)17-22(26)24(15-19-9-6-5-7-10-19)16-20-12-11-18(2)28-20/h5-7,9-12H,4,8,13-17H2,1-3H3. The van der Waals surface area contributed by atoms with Crippen LogP contribution in [-0.2, 0) is 27.4 Å². The van der Waals surface area contributed by atoms with Crippen LogP contribution in [-0.4, -0.2) is 48.4 Å². The number of carbonyl (C=O) groups is 2. The molecule has 1 aromatic carbocycles. The zero-order valence-electron chi connectivity index (χ0n) is 17.0. The number of rotatable bonds is 11. The quantitative estimate of drug-likeness (QED) is 0.594. The summed E-state index contributed by atoms with van der Waals surface area (Å²) in [7, 11) is 1.59. The molecule has 28 heavy (non-hydrogen) atoms. The van der Waals surface area contributed by atoms with Crippen molar-refractivity contribution < 1.29 is 18.7 Å². The predicted octanol–water partition coefficient (Wildman–Crippen LogP) is 3.39. The van der Waals surface area contributed by atoms with Crippen LogP contribution in [0.1, 0.15) is 36.8 Å². The summed E-state index contributed by atoms with van der Waals surface area (Å²) in [6.45, 7) is 5.49. The van der Waals surface area contributed by atoms with Crippen LogP contribution in [0.5, 0.6) is 0 Å². The number of methoxy groups -OCH3 is 1. The van der Waals surface area contributed by atoms with Gasteiger partial charge in [0.2, 0.25) is 11.8 Å². The van der Waals surface area contributed by atoms with Gasteiger partial charge in [0.05, 0.1) is 19.7 Å². The van der Waals surface area contributed by atoms with E-state index in [0.29, 0.717) is 32.7 Å². The van der Waals surface area contributed by atoms with E-state index in [4.69, 9.17) is 9.15 Å². The van der Waals surface area contributed by atoms with E-state index in [9.17, 15) is 9.59 Å². The number of ether oxygens (including phenoxy) is 1. The lowest BCUT2D eigenvalue weighted by Gasteiger charge is -2.27. The minimum absolute atomic E-state index is 0.0265. The second kappa shape index (κ2) is 11.3. The van der Waals surface area contributed by atoms with Gasteiger partial charge in [-0.1, -0.05) is 37.3 Å². The molecule has 0 fully saturated rings. The minimum atomic E-state index is -0.113. The van der Waals surface area contributed by atoms with Crippen LogP contribution in [0.3, 0.4) is 0 Å². The first kappa shape index (κ1) is 21.7. The highest BCUT2D eigenvalue weighted by atomic mass is 16.5. The molecule has 0 aliphatic carbocycles. The van der Waals surface area contributed by atoms with Crippen molar-refractivity contribution in [1.82, 2.24) is 9.80 Å².